The van der Waals surface area contributed by atoms with Crippen molar-refractivity contribution in [2.24, 2.45) is 0 Å². The minimum atomic E-state index is -0.596. The number of aliphatic hydroxyl groups is 1. The van der Waals surface area contributed by atoms with Crippen molar-refractivity contribution in [1.82, 2.24) is 5.16 Å². The Balaban J connectivity index is 1.99. The van der Waals surface area contributed by atoms with Gasteiger partial charge >= 0.3 is 0 Å². The molecule has 0 aliphatic carbocycles. The van der Waals surface area contributed by atoms with Gasteiger partial charge in [0.25, 0.3) is 0 Å². The van der Waals surface area contributed by atoms with Crippen LogP contribution in [0.5, 0.6) is 5.75 Å². The molecule has 1 aromatic heterocycles. The zero-order valence-electron chi connectivity index (χ0n) is 12.0. The lowest BCUT2D eigenvalue weighted by molar-refractivity contribution is 0.187. The third kappa shape index (κ3) is 2.76. The summed E-state index contributed by atoms with van der Waals surface area (Å²) in [5.41, 5.74) is 1.59. The Kier molecular flexibility index (Phi) is 3.62. The molecule has 108 valence electrons. The summed E-state index contributed by atoms with van der Waals surface area (Å²) >= 11 is 0. The first-order chi connectivity index (χ1) is 10.1. The summed E-state index contributed by atoms with van der Waals surface area (Å²) in [6.07, 6.45) is -0.596. The summed E-state index contributed by atoms with van der Waals surface area (Å²) in [6.45, 7) is 3.89. The van der Waals surface area contributed by atoms with E-state index in [0.29, 0.717) is 11.5 Å². The Morgan fingerprint density at radius 1 is 1.24 bits per heavy atom. The molecule has 0 aliphatic heterocycles. The summed E-state index contributed by atoms with van der Waals surface area (Å²) in [7, 11) is 0. The molecule has 0 saturated carbocycles. The average Bonchev–Trinajstić information content (AvgIpc) is 2.90. The molecule has 2 aromatic carbocycles. The van der Waals surface area contributed by atoms with Crippen molar-refractivity contribution < 1.29 is 14.4 Å². The Morgan fingerprint density at radius 2 is 2.05 bits per heavy atom. The van der Waals surface area contributed by atoms with Gasteiger partial charge in [-0.15, -0.1) is 0 Å². The molecule has 4 heteroatoms. The highest BCUT2D eigenvalue weighted by molar-refractivity contribution is 5.89. The standard InChI is InChI=1S/C17H17NO3/c1-11-9-14(21-18-11)10-20-17-15(12(2)19)8-7-13-5-3-4-6-16(13)17/h3-9,12,19H,10H2,1-2H3/t12-/m1/s1. The minimum Gasteiger partial charge on any atom is -0.485 e. The number of hydrogen-bond acceptors (Lipinski definition) is 4. The van der Waals surface area contributed by atoms with Gasteiger partial charge in [0.05, 0.1) is 11.8 Å². The van der Waals surface area contributed by atoms with E-state index in [0.717, 1.165) is 22.0 Å². The van der Waals surface area contributed by atoms with Crippen molar-refractivity contribution in [3.8, 4) is 5.75 Å². The molecule has 1 N–H and O–H groups in total. The van der Waals surface area contributed by atoms with Crippen molar-refractivity contribution in [3.63, 3.8) is 0 Å². The van der Waals surface area contributed by atoms with Crippen LogP contribution in [0.15, 0.2) is 47.0 Å². The van der Waals surface area contributed by atoms with Crippen LogP contribution in [0.3, 0.4) is 0 Å². The third-order valence-electron chi connectivity index (χ3n) is 3.40. The summed E-state index contributed by atoms with van der Waals surface area (Å²) in [5.74, 6) is 1.36. The van der Waals surface area contributed by atoms with E-state index < -0.39 is 6.10 Å². The van der Waals surface area contributed by atoms with Crippen LogP contribution in [0.25, 0.3) is 10.8 Å². The monoisotopic (exact) mass is 283 g/mol. The lowest BCUT2D eigenvalue weighted by Gasteiger charge is -2.15. The molecule has 0 fully saturated rings. The molecule has 0 bridgehead atoms. The highest BCUT2D eigenvalue weighted by Crippen LogP contribution is 2.34. The minimum absolute atomic E-state index is 0.286. The molecule has 0 spiro atoms. The number of aryl methyl sites for hydroxylation is 1. The first-order valence-electron chi connectivity index (χ1n) is 6.90. The number of fused-ring (bicyclic) bond motifs is 1. The lowest BCUT2D eigenvalue weighted by atomic mass is 10.0. The first-order valence-corrected chi connectivity index (χ1v) is 6.90. The van der Waals surface area contributed by atoms with Crippen molar-refractivity contribution in [1.29, 1.82) is 0 Å². The Bertz CT molecular complexity index is 762. The van der Waals surface area contributed by atoms with Crippen LogP contribution in [0.4, 0.5) is 0 Å². The Morgan fingerprint density at radius 3 is 2.76 bits per heavy atom. The number of aliphatic hydroxyl groups excluding tert-OH is 1. The maximum atomic E-state index is 9.95. The van der Waals surface area contributed by atoms with Crippen LogP contribution in [-0.2, 0) is 6.61 Å². The SMILES string of the molecule is Cc1cc(COc2c([C@@H](C)O)ccc3ccccc23)on1. The van der Waals surface area contributed by atoms with E-state index in [1.54, 1.807) is 6.92 Å². The molecule has 4 nitrogen and oxygen atoms in total. The molecule has 3 aromatic rings. The molecule has 0 radical (unpaired) electrons. The van der Waals surface area contributed by atoms with Gasteiger partial charge in [-0.05, 0) is 19.2 Å². The highest BCUT2D eigenvalue weighted by atomic mass is 16.5. The van der Waals surface area contributed by atoms with Crippen LogP contribution in [0.2, 0.25) is 0 Å². The Labute approximate surface area is 123 Å². The average molecular weight is 283 g/mol. The largest absolute Gasteiger partial charge is 0.485 e. The number of ether oxygens (including phenoxy) is 1. The van der Waals surface area contributed by atoms with E-state index in [1.807, 2.05) is 49.4 Å². The van der Waals surface area contributed by atoms with Gasteiger partial charge in [-0.1, -0.05) is 41.6 Å². The van der Waals surface area contributed by atoms with Crippen LogP contribution in [0.1, 0.15) is 30.0 Å². The topological polar surface area (TPSA) is 55.5 Å². The number of nitrogens with zero attached hydrogens (tertiary/aromatic N) is 1. The second-order valence-electron chi connectivity index (χ2n) is 5.10. The summed E-state index contributed by atoms with van der Waals surface area (Å²) in [6, 6.07) is 13.7. The molecule has 0 unspecified atom stereocenters. The molecular weight excluding hydrogens is 266 g/mol. The summed E-state index contributed by atoms with van der Waals surface area (Å²) in [5, 5.41) is 15.8. The summed E-state index contributed by atoms with van der Waals surface area (Å²) < 4.78 is 11.1. The maximum Gasteiger partial charge on any atom is 0.174 e. The third-order valence-corrected chi connectivity index (χ3v) is 3.40. The van der Waals surface area contributed by atoms with E-state index in [4.69, 9.17) is 9.26 Å². The van der Waals surface area contributed by atoms with Crippen molar-refractivity contribution in [3.05, 3.63) is 59.5 Å². The molecule has 21 heavy (non-hydrogen) atoms. The van der Waals surface area contributed by atoms with Gasteiger partial charge in [0.15, 0.2) is 5.76 Å². The van der Waals surface area contributed by atoms with Gasteiger partial charge in [0.1, 0.15) is 12.4 Å². The van der Waals surface area contributed by atoms with Crippen molar-refractivity contribution >= 4 is 10.8 Å². The molecule has 3 rings (SSSR count). The van der Waals surface area contributed by atoms with E-state index in [9.17, 15) is 5.11 Å². The predicted molar refractivity (Wildman–Crippen MR) is 80.2 cm³/mol. The fourth-order valence-corrected chi connectivity index (χ4v) is 2.38. The van der Waals surface area contributed by atoms with E-state index >= 15 is 0 Å². The zero-order chi connectivity index (χ0) is 14.8. The van der Waals surface area contributed by atoms with Crippen molar-refractivity contribution in [2.45, 2.75) is 26.6 Å². The van der Waals surface area contributed by atoms with Gasteiger partial charge < -0.3 is 14.4 Å². The Hall–Kier alpha value is -2.33. The number of rotatable bonds is 4. The fourth-order valence-electron chi connectivity index (χ4n) is 2.38. The molecule has 0 amide bonds. The predicted octanol–water partition coefficient (Wildman–Crippen LogP) is 3.77. The molecule has 1 heterocycles. The molecule has 1 atom stereocenters. The number of hydrogen-bond donors (Lipinski definition) is 1. The second-order valence-corrected chi connectivity index (χ2v) is 5.10. The van der Waals surface area contributed by atoms with Crippen molar-refractivity contribution in [2.75, 3.05) is 0 Å². The van der Waals surface area contributed by atoms with E-state index in [1.165, 1.54) is 0 Å². The van der Waals surface area contributed by atoms with E-state index in [-0.39, 0.29) is 6.61 Å². The van der Waals surface area contributed by atoms with Crippen LogP contribution in [0, 0.1) is 6.92 Å². The van der Waals surface area contributed by atoms with Crippen LogP contribution < -0.4 is 4.74 Å². The van der Waals surface area contributed by atoms with Gasteiger partial charge in [-0.2, -0.15) is 0 Å². The first kappa shape index (κ1) is 13.6. The maximum absolute atomic E-state index is 9.95. The number of aromatic nitrogens is 1. The quantitative estimate of drug-likeness (QED) is 0.792. The van der Waals surface area contributed by atoms with Gasteiger partial charge in [0.2, 0.25) is 0 Å². The van der Waals surface area contributed by atoms with Gasteiger partial charge in [0, 0.05) is 17.0 Å². The fraction of sp³-hybridized carbons (Fsp3) is 0.235. The van der Waals surface area contributed by atoms with Gasteiger partial charge in [-0.25, -0.2) is 0 Å². The molecule has 0 aliphatic rings. The second kappa shape index (κ2) is 5.58. The van der Waals surface area contributed by atoms with E-state index in [2.05, 4.69) is 5.16 Å². The summed E-state index contributed by atoms with van der Waals surface area (Å²) in [4.78, 5) is 0. The normalized spacial score (nSPS) is 12.5. The zero-order valence-corrected chi connectivity index (χ0v) is 12.0. The number of benzene rings is 2. The smallest absolute Gasteiger partial charge is 0.174 e. The lowest BCUT2D eigenvalue weighted by Crippen LogP contribution is -2.01. The van der Waals surface area contributed by atoms with Crippen LogP contribution >= 0.6 is 0 Å². The van der Waals surface area contributed by atoms with Gasteiger partial charge in [-0.3, -0.25) is 0 Å². The highest BCUT2D eigenvalue weighted by Gasteiger charge is 2.14. The molecular formula is C17H17NO3. The van der Waals surface area contributed by atoms with Crippen LogP contribution in [-0.4, -0.2) is 10.3 Å². The molecule has 0 saturated heterocycles.